The number of aromatic nitrogens is 2. The average Bonchev–Trinajstić information content (AvgIpc) is 3.23. The molecule has 5 nitrogen and oxygen atoms in total. The fourth-order valence-corrected chi connectivity index (χ4v) is 3.02. The van der Waals surface area contributed by atoms with Crippen molar-refractivity contribution >= 4 is 33.9 Å². The summed E-state index contributed by atoms with van der Waals surface area (Å²) in [4.78, 5) is 16.4. The Balaban J connectivity index is 1.55. The van der Waals surface area contributed by atoms with Gasteiger partial charge in [-0.15, -0.1) is 0 Å². The lowest BCUT2D eigenvalue weighted by Gasteiger charge is -2.00. The maximum absolute atomic E-state index is 12.1. The van der Waals surface area contributed by atoms with E-state index in [1.807, 2.05) is 65.5 Å². The minimum Gasteiger partial charge on any atom is -0.402 e. The van der Waals surface area contributed by atoms with Crippen molar-refractivity contribution in [3.8, 4) is 0 Å². The van der Waals surface area contributed by atoms with Crippen LogP contribution >= 0.6 is 15.9 Å². The molecule has 128 valence electrons. The Morgan fingerprint density at radius 1 is 1.12 bits per heavy atom. The van der Waals surface area contributed by atoms with E-state index < -0.39 is 5.97 Å². The molecule has 0 saturated heterocycles. The highest BCUT2D eigenvalue weighted by Gasteiger charge is 2.24. The molecule has 0 atom stereocenters. The molecule has 26 heavy (non-hydrogen) atoms. The molecule has 0 unspecified atom stereocenters. The second-order valence-electron chi connectivity index (χ2n) is 5.80. The van der Waals surface area contributed by atoms with Crippen molar-refractivity contribution in [3.63, 3.8) is 0 Å². The normalized spacial score (nSPS) is 15.2. The summed E-state index contributed by atoms with van der Waals surface area (Å²) in [6, 6.07) is 17.5. The Kier molecular flexibility index (Phi) is 4.50. The van der Waals surface area contributed by atoms with Crippen LogP contribution in [0.5, 0.6) is 0 Å². The van der Waals surface area contributed by atoms with Gasteiger partial charge in [0.2, 0.25) is 5.90 Å². The van der Waals surface area contributed by atoms with E-state index in [2.05, 4.69) is 26.0 Å². The van der Waals surface area contributed by atoms with E-state index >= 15 is 0 Å². The van der Waals surface area contributed by atoms with Crippen LogP contribution in [0.2, 0.25) is 0 Å². The summed E-state index contributed by atoms with van der Waals surface area (Å²) in [7, 11) is 0. The average molecular weight is 408 g/mol. The van der Waals surface area contributed by atoms with E-state index in [1.54, 1.807) is 12.3 Å². The lowest BCUT2D eigenvalue weighted by Crippen LogP contribution is -2.05. The zero-order valence-corrected chi connectivity index (χ0v) is 15.3. The van der Waals surface area contributed by atoms with Crippen LogP contribution in [0.4, 0.5) is 0 Å². The van der Waals surface area contributed by atoms with Gasteiger partial charge < -0.3 is 4.74 Å². The van der Waals surface area contributed by atoms with Gasteiger partial charge in [0.1, 0.15) is 0 Å². The largest absolute Gasteiger partial charge is 0.402 e. The Labute approximate surface area is 158 Å². The van der Waals surface area contributed by atoms with Crippen LogP contribution in [0.1, 0.15) is 16.7 Å². The van der Waals surface area contributed by atoms with E-state index in [-0.39, 0.29) is 5.70 Å². The number of nitrogens with zero attached hydrogens (tertiary/aromatic N) is 3. The first-order valence-corrected chi connectivity index (χ1v) is 8.81. The monoisotopic (exact) mass is 407 g/mol. The molecule has 0 bridgehead atoms. The van der Waals surface area contributed by atoms with Crippen molar-refractivity contribution in [1.82, 2.24) is 9.78 Å². The van der Waals surface area contributed by atoms with Gasteiger partial charge >= 0.3 is 5.97 Å². The molecule has 0 spiro atoms. The first-order chi connectivity index (χ1) is 12.7. The molecule has 0 saturated carbocycles. The highest BCUT2D eigenvalue weighted by Crippen LogP contribution is 2.21. The van der Waals surface area contributed by atoms with Crippen LogP contribution in [0, 0.1) is 0 Å². The summed E-state index contributed by atoms with van der Waals surface area (Å²) in [6.45, 7) is 0.668. The predicted molar refractivity (Wildman–Crippen MR) is 103 cm³/mol. The number of hydrogen-bond acceptors (Lipinski definition) is 4. The molecular weight excluding hydrogens is 394 g/mol. The summed E-state index contributed by atoms with van der Waals surface area (Å²) < 4.78 is 8.00. The molecule has 2 heterocycles. The van der Waals surface area contributed by atoms with Gasteiger partial charge in [-0.05, 0) is 29.8 Å². The lowest BCUT2D eigenvalue weighted by molar-refractivity contribution is -0.129. The summed E-state index contributed by atoms with van der Waals surface area (Å²) in [5.41, 5.74) is 2.97. The topological polar surface area (TPSA) is 56.5 Å². The van der Waals surface area contributed by atoms with Gasteiger partial charge in [0.05, 0.1) is 12.7 Å². The number of halogens is 1. The van der Waals surface area contributed by atoms with Crippen molar-refractivity contribution in [3.05, 3.63) is 93.9 Å². The fraction of sp³-hybridized carbons (Fsp3) is 0.0500. The first kappa shape index (κ1) is 16.5. The quantitative estimate of drug-likeness (QED) is 0.484. The molecule has 0 radical (unpaired) electrons. The Morgan fingerprint density at radius 2 is 1.96 bits per heavy atom. The number of benzene rings is 2. The third kappa shape index (κ3) is 3.65. The summed E-state index contributed by atoms with van der Waals surface area (Å²) in [6.07, 6.45) is 5.26. The zero-order valence-electron chi connectivity index (χ0n) is 13.7. The number of carbonyl (C=O) groups excluding carboxylic acids is 1. The van der Waals surface area contributed by atoms with Crippen molar-refractivity contribution in [2.45, 2.75) is 6.54 Å². The minimum absolute atomic E-state index is 0.263. The van der Waals surface area contributed by atoms with E-state index in [9.17, 15) is 4.79 Å². The maximum atomic E-state index is 12.1. The molecule has 0 fully saturated rings. The van der Waals surface area contributed by atoms with E-state index in [0.717, 1.165) is 21.2 Å². The number of esters is 1. The number of cyclic esters (lactones) is 1. The number of ether oxygens (including phenoxy) is 1. The van der Waals surface area contributed by atoms with Gasteiger partial charge in [0.25, 0.3) is 0 Å². The minimum atomic E-state index is -0.462. The molecule has 1 aliphatic heterocycles. The molecule has 0 amide bonds. The molecule has 0 aliphatic carbocycles. The molecular formula is C20H14BrN3O2. The number of carbonyl (C=O) groups is 1. The number of aliphatic imine (C=N–C) groups is 1. The Hall–Kier alpha value is -2.99. The van der Waals surface area contributed by atoms with Crippen molar-refractivity contribution in [2.24, 2.45) is 4.99 Å². The maximum Gasteiger partial charge on any atom is 0.363 e. The van der Waals surface area contributed by atoms with E-state index in [4.69, 9.17) is 4.74 Å². The lowest BCUT2D eigenvalue weighted by atomic mass is 10.2. The smallest absolute Gasteiger partial charge is 0.363 e. The van der Waals surface area contributed by atoms with Gasteiger partial charge in [-0.25, -0.2) is 9.79 Å². The molecule has 2 aromatic carbocycles. The van der Waals surface area contributed by atoms with Gasteiger partial charge in [-0.2, -0.15) is 5.10 Å². The summed E-state index contributed by atoms with van der Waals surface area (Å²) >= 11 is 3.40. The molecule has 3 aromatic rings. The standard InChI is InChI=1S/C20H14BrN3O2/c21-17-8-4-7-16(10-17)19-23-18(20(25)26-19)9-15-11-22-24(13-15)12-14-5-2-1-3-6-14/h1-11,13H,12H2/b18-9+. The molecule has 6 heteroatoms. The van der Waals surface area contributed by atoms with Crippen molar-refractivity contribution in [2.75, 3.05) is 0 Å². The summed E-state index contributed by atoms with van der Waals surface area (Å²) in [5.74, 6) is -0.157. The van der Waals surface area contributed by atoms with Crippen LogP contribution in [-0.4, -0.2) is 21.6 Å². The number of hydrogen-bond donors (Lipinski definition) is 0. The van der Waals surface area contributed by atoms with Gasteiger partial charge in [-0.1, -0.05) is 52.3 Å². The number of rotatable bonds is 4. The van der Waals surface area contributed by atoms with Gasteiger partial charge in [0, 0.05) is 21.8 Å². The summed E-state index contributed by atoms with van der Waals surface area (Å²) in [5, 5.41) is 4.33. The Bertz CT molecular complexity index is 1020. The second-order valence-corrected chi connectivity index (χ2v) is 6.72. The van der Waals surface area contributed by atoms with Crippen LogP contribution < -0.4 is 0 Å². The van der Waals surface area contributed by atoms with Crippen molar-refractivity contribution in [1.29, 1.82) is 0 Å². The predicted octanol–water partition coefficient (Wildman–Crippen LogP) is 4.04. The van der Waals surface area contributed by atoms with E-state index in [0.29, 0.717) is 12.4 Å². The molecule has 0 N–H and O–H groups in total. The second kappa shape index (κ2) is 7.09. The van der Waals surface area contributed by atoms with Gasteiger partial charge in [-0.3, -0.25) is 4.68 Å². The van der Waals surface area contributed by atoms with Crippen molar-refractivity contribution < 1.29 is 9.53 Å². The van der Waals surface area contributed by atoms with Crippen LogP contribution in [0.25, 0.3) is 6.08 Å². The SMILES string of the molecule is O=C1OC(c2cccc(Br)c2)=N/C1=C/c1cnn(Cc2ccccc2)c1. The third-order valence-corrected chi connectivity index (χ3v) is 4.33. The van der Waals surface area contributed by atoms with Crippen LogP contribution in [0.3, 0.4) is 0 Å². The molecule has 1 aromatic heterocycles. The van der Waals surface area contributed by atoms with Crippen LogP contribution in [-0.2, 0) is 16.1 Å². The van der Waals surface area contributed by atoms with Crippen LogP contribution in [0.15, 0.2) is 82.2 Å². The van der Waals surface area contributed by atoms with E-state index in [1.165, 1.54) is 0 Å². The Morgan fingerprint density at radius 3 is 2.77 bits per heavy atom. The molecule has 4 rings (SSSR count). The highest BCUT2D eigenvalue weighted by molar-refractivity contribution is 9.10. The third-order valence-electron chi connectivity index (χ3n) is 3.84. The first-order valence-electron chi connectivity index (χ1n) is 8.02. The zero-order chi connectivity index (χ0) is 17.9. The molecule has 1 aliphatic rings. The highest BCUT2D eigenvalue weighted by atomic mass is 79.9. The van der Waals surface area contributed by atoms with Gasteiger partial charge in [0.15, 0.2) is 5.70 Å². The fourth-order valence-electron chi connectivity index (χ4n) is 2.62.